The number of fused-ring (bicyclic) bond motifs is 1. The molecule has 0 saturated heterocycles. The first-order valence-corrected chi connectivity index (χ1v) is 3.28. The van der Waals surface area contributed by atoms with E-state index in [1.807, 2.05) is 12.1 Å². The number of hydrogen-bond donors (Lipinski definition) is 0. The second-order valence-electron chi connectivity index (χ2n) is 2.35. The van der Waals surface area contributed by atoms with Gasteiger partial charge >= 0.3 is 5.69 Å². The van der Waals surface area contributed by atoms with Crippen LogP contribution in [-0.4, -0.2) is 14.2 Å². The second kappa shape index (κ2) is 1.95. The van der Waals surface area contributed by atoms with Crippen molar-refractivity contribution in [2.24, 2.45) is 7.05 Å². The predicted molar refractivity (Wildman–Crippen MR) is 40.4 cm³/mol. The van der Waals surface area contributed by atoms with Crippen LogP contribution in [0.3, 0.4) is 0 Å². The van der Waals surface area contributed by atoms with Crippen LogP contribution in [0.25, 0.3) is 5.52 Å². The Kier molecular flexibility index (Phi) is 1.09. The van der Waals surface area contributed by atoms with E-state index in [0.717, 1.165) is 5.52 Å². The predicted octanol–water partition coefficient (Wildman–Crippen LogP) is 0.0330. The summed E-state index contributed by atoms with van der Waals surface area (Å²) in [7, 11) is 1.63. The fourth-order valence-electron chi connectivity index (χ4n) is 1.02. The lowest BCUT2D eigenvalue weighted by Gasteiger charge is -1.95. The molecular weight excluding hydrogens is 142 g/mol. The molecule has 0 aliphatic heterocycles. The van der Waals surface area contributed by atoms with E-state index < -0.39 is 0 Å². The molecule has 0 aromatic carbocycles. The van der Waals surface area contributed by atoms with Gasteiger partial charge in [-0.15, -0.1) is 0 Å². The zero-order chi connectivity index (χ0) is 7.84. The summed E-state index contributed by atoms with van der Waals surface area (Å²) in [6.45, 7) is 0. The summed E-state index contributed by atoms with van der Waals surface area (Å²) >= 11 is 0. The summed E-state index contributed by atoms with van der Waals surface area (Å²) in [5.41, 5.74) is 0.709. The van der Waals surface area contributed by atoms with Gasteiger partial charge < -0.3 is 0 Å². The van der Waals surface area contributed by atoms with Crippen molar-refractivity contribution in [3.63, 3.8) is 0 Å². The van der Waals surface area contributed by atoms with Gasteiger partial charge in [0.25, 0.3) is 0 Å². The molecule has 11 heavy (non-hydrogen) atoms. The van der Waals surface area contributed by atoms with Gasteiger partial charge in [-0.3, -0.25) is 4.40 Å². The van der Waals surface area contributed by atoms with Gasteiger partial charge in [-0.1, -0.05) is 0 Å². The number of aryl methyl sites for hydroxylation is 1. The number of rotatable bonds is 0. The molecule has 0 bridgehead atoms. The van der Waals surface area contributed by atoms with Crippen LogP contribution in [0.2, 0.25) is 0 Å². The molecule has 0 aliphatic rings. The highest BCUT2D eigenvalue weighted by atomic mass is 16.1. The van der Waals surface area contributed by atoms with E-state index in [1.165, 1.54) is 4.68 Å². The third-order valence-corrected chi connectivity index (χ3v) is 1.63. The van der Waals surface area contributed by atoms with Gasteiger partial charge in [0.1, 0.15) is 0 Å². The van der Waals surface area contributed by atoms with Crippen molar-refractivity contribution < 1.29 is 0 Å². The largest absolute Gasteiger partial charge is 0.348 e. The zero-order valence-corrected chi connectivity index (χ0v) is 6.06. The molecule has 0 atom stereocenters. The third-order valence-electron chi connectivity index (χ3n) is 1.63. The molecule has 4 heteroatoms. The first-order valence-electron chi connectivity index (χ1n) is 3.28. The van der Waals surface area contributed by atoms with Crippen molar-refractivity contribution in [3.8, 4) is 0 Å². The van der Waals surface area contributed by atoms with Gasteiger partial charge in [0.15, 0.2) is 0 Å². The quantitative estimate of drug-likeness (QED) is 0.530. The molecule has 0 spiro atoms. The van der Waals surface area contributed by atoms with E-state index in [1.54, 1.807) is 23.8 Å². The molecule has 0 saturated carbocycles. The van der Waals surface area contributed by atoms with Crippen molar-refractivity contribution in [2.75, 3.05) is 0 Å². The van der Waals surface area contributed by atoms with Crippen molar-refractivity contribution in [1.82, 2.24) is 14.2 Å². The third kappa shape index (κ3) is 0.756. The molecule has 2 heterocycles. The molecule has 4 nitrogen and oxygen atoms in total. The average Bonchev–Trinajstić information content (AvgIpc) is 2.45. The van der Waals surface area contributed by atoms with Crippen LogP contribution < -0.4 is 5.69 Å². The Morgan fingerprint density at radius 3 is 3.18 bits per heavy atom. The normalized spacial score (nSPS) is 10.6. The standard InChI is InChI=1S/C7H7N3O/c1-9-7(11)10-4-2-3-6(10)5-8-9/h2-5H,1H3. The highest BCUT2D eigenvalue weighted by molar-refractivity contribution is 5.43. The summed E-state index contributed by atoms with van der Waals surface area (Å²) in [5.74, 6) is 0. The first-order chi connectivity index (χ1) is 5.29. The molecule has 0 unspecified atom stereocenters. The Bertz CT molecular complexity index is 440. The maximum absolute atomic E-state index is 11.3. The van der Waals surface area contributed by atoms with Crippen LogP contribution in [0.15, 0.2) is 29.3 Å². The van der Waals surface area contributed by atoms with E-state index in [0.29, 0.717) is 0 Å². The molecule has 0 radical (unpaired) electrons. The molecule has 0 fully saturated rings. The highest BCUT2D eigenvalue weighted by Crippen LogP contribution is 1.95. The Balaban J connectivity index is 3.05. The molecule has 2 aromatic heterocycles. The molecule has 0 aliphatic carbocycles. The van der Waals surface area contributed by atoms with E-state index >= 15 is 0 Å². The summed E-state index contributed by atoms with van der Waals surface area (Å²) in [4.78, 5) is 11.3. The Hall–Kier alpha value is -1.58. The van der Waals surface area contributed by atoms with Crippen LogP contribution in [0.5, 0.6) is 0 Å². The fraction of sp³-hybridized carbons (Fsp3) is 0.143. The monoisotopic (exact) mass is 149 g/mol. The molecule has 2 aromatic rings. The summed E-state index contributed by atoms with van der Waals surface area (Å²) in [6, 6.07) is 3.66. The van der Waals surface area contributed by atoms with Gasteiger partial charge in [-0.25, -0.2) is 9.48 Å². The van der Waals surface area contributed by atoms with Crippen LogP contribution in [0.4, 0.5) is 0 Å². The highest BCUT2D eigenvalue weighted by Gasteiger charge is 1.96. The van der Waals surface area contributed by atoms with Gasteiger partial charge in [0.05, 0.1) is 11.7 Å². The minimum atomic E-state index is -0.118. The van der Waals surface area contributed by atoms with Gasteiger partial charge in [0.2, 0.25) is 0 Å². The average molecular weight is 149 g/mol. The maximum atomic E-state index is 11.3. The molecule has 2 rings (SSSR count). The van der Waals surface area contributed by atoms with E-state index in [2.05, 4.69) is 5.10 Å². The molecule has 0 N–H and O–H groups in total. The minimum Gasteiger partial charge on any atom is -0.267 e. The lowest BCUT2D eigenvalue weighted by Crippen LogP contribution is -2.25. The Labute approximate surface area is 62.7 Å². The lowest BCUT2D eigenvalue weighted by atomic mass is 10.5. The number of nitrogens with zero attached hydrogens (tertiary/aromatic N) is 3. The zero-order valence-electron chi connectivity index (χ0n) is 6.06. The van der Waals surface area contributed by atoms with Crippen molar-refractivity contribution in [3.05, 3.63) is 35.0 Å². The SMILES string of the molecule is Cn1ncc2cccn2c1=O. The van der Waals surface area contributed by atoms with Crippen molar-refractivity contribution in [1.29, 1.82) is 0 Å². The van der Waals surface area contributed by atoms with E-state index in [-0.39, 0.29) is 5.69 Å². The smallest absolute Gasteiger partial charge is 0.267 e. The topological polar surface area (TPSA) is 39.3 Å². The van der Waals surface area contributed by atoms with Gasteiger partial charge in [0, 0.05) is 13.2 Å². The minimum absolute atomic E-state index is 0.118. The van der Waals surface area contributed by atoms with E-state index in [9.17, 15) is 4.79 Å². The number of hydrogen-bond acceptors (Lipinski definition) is 2. The van der Waals surface area contributed by atoms with E-state index in [4.69, 9.17) is 0 Å². The second-order valence-corrected chi connectivity index (χ2v) is 2.35. The maximum Gasteiger partial charge on any atom is 0.348 e. The van der Waals surface area contributed by atoms with Crippen molar-refractivity contribution in [2.45, 2.75) is 0 Å². The Morgan fingerprint density at radius 1 is 1.55 bits per heavy atom. The first kappa shape index (κ1) is 6.15. The van der Waals surface area contributed by atoms with Crippen LogP contribution in [-0.2, 0) is 7.05 Å². The summed E-state index contributed by atoms with van der Waals surface area (Å²) < 4.78 is 2.85. The lowest BCUT2D eigenvalue weighted by molar-refractivity contribution is 0.666. The van der Waals surface area contributed by atoms with Crippen LogP contribution in [0, 0.1) is 0 Å². The molecule has 0 amide bonds. The van der Waals surface area contributed by atoms with Crippen LogP contribution in [0.1, 0.15) is 0 Å². The fourth-order valence-corrected chi connectivity index (χ4v) is 1.02. The van der Waals surface area contributed by atoms with Gasteiger partial charge in [-0.2, -0.15) is 5.10 Å². The molecular formula is C7H7N3O. The summed E-state index contributed by atoms with van der Waals surface area (Å²) in [5, 5.41) is 3.86. The molecule has 56 valence electrons. The van der Waals surface area contributed by atoms with Crippen LogP contribution >= 0.6 is 0 Å². The van der Waals surface area contributed by atoms with Gasteiger partial charge in [-0.05, 0) is 12.1 Å². The van der Waals surface area contributed by atoms with Crippen molar-refractivity contribution >= 4 is 5.52 Å². The summed E-state index contributed by atoms with van der Waals surface area (Å²) in [6.07, 6.45) is 3.38. The number of aromatic nitrogens is 3. The Morgan fingerprint density at radius 2 is 2.36 bits per heavy atom.